The highest BCUT2D eigenvalue weighted by molar-refractivity contribution is 7.26. The van der Waals surface area contributed by atoms with Crippen LogP contribution in [0.5, 0.6) is 0 Å². The molecule has 0 aliphatic heterocycles. The van der Waals surface area contributed by atoms with Gasteiger partial charge in [-0.25, -0.2) is 0 Å². The van der Waals surface area contributed by atoms with Gasteiger partial charge in [-0.3, -0.25) is 0 Å². The number of fused-ring (bicyclic) bond motifs is 9. The number of hydrogen-bond acceptors (Lipinski definition) is 2. The lowest BCUT2D eigenvalue weighted by Crippen LogP contribution is -1.93. The van der Waals surface area contributed by atoms with E-state index >= 15 is 0 Å². The average molecular weight is 608 g/mol. The number of thiophene rings is 2. The molecule has 0 spiro atoms. The van der Waals surface area contributed by atoms with Crippen LogP contribution in [-0.2, 0) is 0 Å². The van der Waals surface area contributed by atoms with Crippen LogP contribution in [0.25, 0.3) is 90.1 Å². The highest BCUT2D eigenvalue weighted by Crippen LogP contribution is 2.42. The van der Waals surface area contributed by atoms with E-state index in [2.05, 4.69) is 156 Å². The lowest BCUT2D eigenvalue weighted by Gasteiger charge is -2.10. The van der Waals surface area contributed by atoms with Gasteiger partial charge in [-0.1, -0.05) is 109 Å². The van der Waals surface area contributed by atoms with Gasteiger partial charge >= 0.3 is 0 Å². The summed E-state index contributed by atoms with van der Waals surface area (Å²) < 4.78 is 7.80. The van der Waals surface area contributed by atoms with Crippen molar-refractivity contribution in [3.8, 4) is 27.9 Å². The van der Waals surface area contributed by atoms with Crippen molar-refractivity contribution in [1.82, 2.24) is 4.57 Å². The van der Waals surface area contributed by atoms with Gasteiger partial charge in [0.1, 0.15) is 0 Å². The van der Waals surface area contributed by atoms with Crippen LogP contribution >= 0.6 is 22.7 Å². The first-order valence-electron chi connectivity index (χ1n) is 15.3. The smallest absolute Gasteiger partial charge is 0.0548 e. The van der Waals surface area contributed by atoms with E-state index in [1.54, 1.807) is 0 Å². The average Bonchev–Trinajstić information content (AvgIpc) is 3.77. The predicted octanol–water partition coefficient (Wildman–Crippen LogP) is 12.9. The Bertz CT molecular complexity index is 2740. The molecule has 0 saturated heterocycles. The molecule has 0 N–H and O–H groups in total. The molecule has 0 fully saturated rings. The fraction of sp³-hybridized carbons (Fsp3) is 0. The quantitative estimate of drug-likeness (QED) is 0.188. The monoisotopic (exact) mass is 607 g/mol. The standard InChI is InChI=1S/C42H25NS2/c1-4-13-37-31(8-1)35-25-41-36(33-10-3-5-14-39(33)44-41)24-38(35)43(37)29-22-20-27(21-23-29)26-16-18-28(19-17-26)30-11-7-12-34-32-9-2-6-15-40(32)45-42(30)34/h1-25H. The molecule has 10 rings (SSSR count). The molecule has 0 atom stereocenters. The second-order valence-electron chi connectivity index (χ2n) is 11.7. The Morgan fingerprint density at radius 1 is 0.356 bits per heavy atom. The summed E-state index contributed by atoms with van der Waals surface area (Å²) in [5.74, 6) is 0. The van der Waals surface area contributed by atoms with Crippen LogP contribution in [0.15, 0.2) is 152 Å². The Labute approximate surface area is 267 Å². The number of rotatable bonds is 3. The zero-order valence-electron chi connectivity index (χ0n) is 24.2. The van der Waals surface area contributed by atoms with Crippen molar-refractivity contribution in [3.05, 3.63) is 152 Å². The summed E-state index contributed by atoms with van der Waals surface area (Å²) in [6.07, 6.45) is 0. The Morgan fingerprint density at radius 3 is 1.73 bits per heavy atom. The molecule has 210 valence electrons. The third kappa shape index (κ3) is 3.78. The molecule has 3 heterocycles. The summed E-state index contributed by atoms with van der Waals surface area (Å²) >= 11 is 3.77. The maximum atomic E-state index is 2.43. The van der Waals surface area contributed by atoms with E-state index in [4.69, 9.17) is 0 Å². The first kappa shape index (κ1) is 25.1. The van der Waals surface area contributed by atoms with Crippen molar-refractivity contribution in [2.24, 2.45) is 0 Å². The van der Waals surface area contributed by atoms with Crippen molar-refractivity contribution >= 4 is 84.8 Å². The highest BCUT2D eigenvalue weighted by Gasteiger charge is 2.16. The third-order valence-corrected chi connectivity index (χ3v) is 11.6. The second kappa shape index (κ2) is 9.64. The first-order valence-corrected chi connectivity index (χ1v) is 16.9. The van der Waals surface area contributed by atoms with Crippen molar-refractivity contribution in [2.45, 2.75) is 0 Å². The van der Waals surface area contributed by atoms with Crippen molar-refractivity contribution in [3.63, 3.8) is 0 Å². The number of hydrogen-bond donors (Lipinski definition) is 0. The molecular formula is C42H25NS2. The number of benzene rings is 7. The Hall–Kier alpha value is -5.22. The Kier molecular flexibility index (Phi) is 5.39. The van der Waals surface area contributed by atoms with Gasteiger partial charge in [-0.2, -0.15) is 0 Å². The topological polar surface area (TPSA) is 4.93 Å². The molecule has 0 amide bonds. The molecule has 0 aliphatic carbocycles. The van der Waals surface area contributed by atoms with Gasteiger partial charge in [0.15, 0.2) is 0 Å². The minimum atomic E-state index is 1.18. The molecular weight excluding hydrogens is 583 g/mol. The summed E-state index contributed by atoms with van der Waals surface area (Å²) in [6.45, 7) is 0. The van der Waals surface area contributed by atoms with E-state index < -0.39 is 0 Å². The largest absolute Gasteiger partial charge is 0.309 e. The van der Waals surface area contributed by atoms with E-state index in [9.17, 15) is 0 Å². The normalized spacial score (nSPS) is 12.0. The molecule has 3 heteroatoms. The Balaban J connectivity index is 1.06. The van der Waals surface area contributed by atoms with Gasteiger partial charge in [0.05, 0.1) is 11.0 Å². The molecule has 0 aliphatic rings. The maximum absolute atomic E-state index is 2.43. The summed E-state index contributed by atoms with van der Waals surface area (Å²) in [6, 6.07) is 55.8. The SMILES string of the molecule is c1ccc2c(c1)sc1cc3c4ccccc4n(-c4ccc(-c5ccc(-c6cccc7c6sc6ccccc67)cc5)cc4)c3cc12. The number of aromatic nitrogens is 1. The van der Waals surface area contributed by atoms with E-state index in [-0.39, 0.29) is 0 Å². The molecule has 10 aromatic rings. The zero-order valence-corrected chi connectivity index (χ0v) is 25.8. The van der Waals surface area contributed by atoms with Crippen molar-refractivity contribution in [1.29, 1.82) is 0 Å². The number of nitrogens with zero attached hydrogens (tertiary/aromatic N) is 1. The van der Waals surface area contributed by atoms with E-state index in [1.165, 1.54) is 90.1 Å². The van der Waals surface area contributed by atoms with Crippen LogP contribution in [0.4, 0.5) is 0 Å². The van der Waals surface area contributed by atoms with E-state index in [0.717, 1.165) is 0 Å². The highest BCUT2D eigenvalue weighted by atomic mass is 32.1. The maximum Gasteiger partial charge on any atom is 0.0548 e. The van der Waals surface area contributed by atoms with Crippen LogP contribution < -0.4 is 0 Å². The van der Waals surface area contributed by atoms with Crippen molar-refractivity contribution < 1.29 is 0 Å². The van der Waals surface area contributed by atoms with Gasteiger partial charge in [0.25, 0.3) is 0 Å². The molecule has 0 saturated carbocycles. The fourth-order valence-corrected chi connectivity index (χ4v) is 9.45. The van der Waals surface area contributed by atoms with Crippen molar-refractivity contribution in [2.75, 3.05) is 0 Å². The van der Waals surface area contributed by atoms with Crippen LogP contribution in [-0.4, -0.2) is 4.57 Å². The lowest BCUT2D eigenvalue weighted by molar-refractivity contribution is 1.18. The van der Waals surface area contributed by atoms with E-state index in [1.807, 2.05) is 22.7 Å². The molecule has 45 heavy (non-hydrogen) atoms. The summed E-state index contributed by atoms with van der Waals surface area (Å²) in [7, 11) is 0. The van der Waals surface area contributed by atoms with Crippen LogP contribution in [0, 0.1) is 0 Å². The van der Waals surface area contributed by atoms with Gasteiger partial charge in [-0.05, 0) is 64.7 Å². The van der Waals surface area contributed by atoms with Gasteiger partial charge in [0.2, 0.25) is 0 Å². The predicted molar refractivity (Wildman–Crippen MR) is 197 cm³/mol. The molecule has 1 nitrogen and oxygen atoms in total. The van der Waals surface area contributed by atoms with Crippen LogP contribution in [0.3, 0.4) is 0 Å². The van der Waals surface area contributed by atoms with Gasteiger partial charge in [0, 0.05) is 56.8 Å². The lowest BCUT2D eigenvalue weighted by atomic mass is 9.99. The third-order valence-electron chi connectivity index (χ3n) is 9.23. The molecule has 7 aromatic carbocycles. The minimum absolute atomic E-state index is 1.18. The zero-order chi connectivity index (χ0) is 29.5. The molecule has 0 radical (unpaired) electrons. The molecule has 3 aromatic heterocycles. The van der Waals surface area contributed by atoms with Crippen LogP contribution in [0.1, 0.15) is 0 Å². The summed E-state index contributed by atoms with van der Waals surface area (Å²) in [5, 5.41) is 7.94. The number of para-hydroxylation sites is 1. The van der Waals surface area contributed by atoms with E-state index in [0.29, 0.717) is 0 Å². The van der Waals surface area contributed by atoms with Crippen LogP contribution in [0.2, 0.25) is 0 Å². The fourth-order valence-electron chi connectivity index (χ4n) is 7.08. The minimum Gasteiger partial charge on any atom is -0.309 e. The second-order valence-corrected chi connectivity index (χ2v) is 13.9. The molecule has 0 unspecified atom stereocenters. The first-order chi connectivity index (χ1) is 22.3. The van der Waals surface area contributed by atoms with Gasteiger partial charge in [-0.15, -0.1) is 22.7 Å². The Morgan fingerprint density at radius 2 is 0.956 bits per heavy atom. The van der Waals surface area contributed by atoms with Gasteiger partial charge < -0.3 is 4.57 Å². The summed E-state index contributed by atoms with van der Waals surface area (Å²) in [4.78, 5) is 0. The summed E-state index contributed by atoms with van der Waals surface area (Å²) in [5.41, 5.74) is 8.66. The molecule has 0 bridgehead atoms.